The Morgan fingerprint density at radius 2 is 1.79 bits per heavy atom. The Kier molecular flexibility index (Phi) is 11.4. The number of rotatable bonds is 15. The standard InChI is InChI=1S/C35H38Cl2N4O6S/c1-22-17-27(18-23(2)32(22)37)47-15-6-9-29-28-12-11-25(36)20-30(28)39-33(29)35(43)40-48(44,45)16-13-38-34(42)31-10-5-14-41(31)21-24-7-4-8-26(19-24)46-3/h4-5,7-8,10-12,14,17-20,35,39-40,43H,6,9,13,15-16,21H2,1-3H3,(H,38,42). The summed E-state index contributed by atoms with van der Waals surface area (Å²) >= 11 is 12.5. The van der Waals surface area contributed by atoms with Gasteiger partial charge in [0.15, 0.2) is 6.23 Å². The van der Waals surface area contributed by atoms with Gasteiger partial charge in [-0.05, 0) is 97.5 Å². The molecule has 0 aliphatic heterocycles. The zero-order valence-corrected chi connectivity index (χ0v) is 29.2. The molecule has 2 aromatic heterocycles. The van der Waals surface area contributed by atoms with Crippen molar-refractivity contribution in [3.05, 3.63) is 117 Å². The molecule has 1 unspecified atom stereocenters. The molecule has 4 N–H and O–H groups in total. The summed E-state index contributed by atoms with van der Waals surface area (Å²) in [5, 5.41) is 15.8. The van der Waals surface area contributed by atoms with E-state index in [-0.39, 0.29) is 6.54 Å². The van der Waals surface area contributed by atoms with Crippen molar-refractivity contribution in [3.63, 3.8) is 0 Å². The number of H-pyrrole nitrogens is 1. The topological polar surface area (TPSA) is 135 Å². The molecule has 0 aliphatic carbocycles. The Labute approximate surface area is 290 Å². The SMILES string of the molecule is COc1cccc(Cn2cccc2C(=O)NCCS(=O)(=O)NC(O)c2[nH]c3cc(Cl)ccc3c2CCCOc2cc(C)c(Cl)c(C)c2)c1. The van der Waals surface area contributed by atoms with Gasteiger partial charge in [-0.25, -0.2) is 8.42 Å². The molecule has 48 heavy (non-hydrogen) atoms. The van der Waals surface area contributed by atoms with E-state index in [1.165, 1.54) is 0 Å². The quantitative estimate of drug-likeness (QED) is 0.0744. The fourth-order valence-corrected chi connectivity index (χ4v) is 6.81. The monoisotopic (exact) mass is 712 g/mol. The third kappa shape index (κ3) is 8.72. The molecule has 5 rings (SSSR count). The number of methoxy groups -OCH3 is 1. The van der Waals surface area contributed by atoms with Crippen LogP contribution in [0.5, 0.6) is 11.5 Å². The van der Waals surface area contributed by atoms with Crippen molar-refractivity contribution in [2.24, 2.45) is 0 Å². The molecule has 0 aliphatic rings. The normalized spacial score (nSPS) is 12.3. The summed E-state index contributed by atoms with van der Waals surface area (Å²) in [6.45, 7) is 4.51. The molecular weight excluding hydrogens is 675 g/mol. The summed E-state index contributed by atoms with van der Waals surface area (Å²) in [5.74, 6) is 0.564. The van der Waals surface area contributed by atoms with E-state index in [4.69, 9.17) is 32.7 Å². The first-order chi connectivity index (χ1) is 22.9. The van der Waals surface area contributed by atoms with Crippen LogP contribution in [-0.2, 0) is 23.0 Å². The lowest BCUT2D eigenvalue weighted by molar-refractivity contribution is 0.0947. The number of hydrogen-bond acceptors (Lipinski definition) is 6. The lowest BCUT2D eigenvalue weighted by Gasteiger charge is -2.15. The summed E-state index contributed by atoms with van der Waals surface area (Å²) in [6, 6.07) is 20.0. The number of hydrogen-bond donors (Lipinski definition) is 4. The van der Waals surface area contributed by atoms with E-state index in [0.717, 1.165) is 27.6 Å². The number of aryl methyl sites for hydroxylation is 3. The maximum absolute atomic E-state index is 13.0. The second kappa shape index (κ2) is 15.5. The van der Waals surface area contributed by atoms with E-state index in [1.807, 2.05) is 56.3 Å². The van der Waals surface area contributed by atoms with E-state index < -0.39 is 27.9 Å². The van der Waals surface area contributed by atoms with Crippen LogP contribution in [0.3, 0.4) is 0 Å². The second-order valence-electron chi connectivity index (χ2n) is 11.5. The van der Waals surface area contributed by atoms with Crippen LogP contribution >= 0.6 is 23.2 Å². The fraction of sp³-hybridized carbons (Fsp3) is 0.286. The number of benzene rings is 3. The summed E-state index contributed by atoms with van der Waals surface area (Å²) in [4.78, 5) is 16.1. The Morgan fingerprint density at radius 3 is 2.54 bits per heavy atom. The van der Waals surface area contributed by atoms with Crippen LogP contribution in [0, 0.1) is 13.8 Å². The van der Waals surface area contributed by atoms with Gasteiger partial charge in [0.05, 0.1) is 25.2 Å². The van der Waals surface area contributed by atoms with Crippen molar-refractivity contribution < 1.29 is 27.8 Å². The number of halogens is 2. The van der Waals surface area contributed by atoms with Crippen LogP contribution in [0.4, 0.5) is 0 Å². The van der Waals surface area contributed by atoms with Gasteiger partial charge in [0.2, 0.25) is 10.0 Å². The average molecular weight is 714 g/mol. The van der Waals surface area contributed by atoms with Crippen LogP contribution in [0.15, 0.2) is 72.9 Å². The molecule has 1 amide bonds. The number of amides is 1. The van der Waals surface area contributed by atoms with E-state index in [2.05, 4.69) is 15.0 Å². The molecular formula is C35H38Cl2N4O6S. The zero-order valence-electron chi connectivity index (χ0n) is 26.8. The number of sulfonamides is 1. The molecule has 0 saturated heterocycles. The lowest BCUT2D eigenvalue weighted by atomic mass is 10.0. The van der Waals surface area contributed by atoms with Crippen molar-refractivity contribution in [3.8, 4) is 11.5 Å². The van der Waals surface area contributed by atoms with Gasteiger partial charge in [0, 0.05) is 40.2 Å². The van der Waals surface area contributed by atoms with E-state index in [9.17, 15) is 18.3 Å². The number of nitrogens with zero attached hydrogens (tertiary/aromatic N) is 1. The number of ether oxygens (including phenoxy) is 2. The van der Waals surface area contributed by atoms with Crippen LogP contribution in [0.25, 0.3) is 10.9 Å². The number of aromatic nitrogens is 2. The highest BCUT2D eigenvalue weighted by Gasteiger charge is 2.23. The first kappa shape index (κ1) is 35.3. The Morgan fingerprint density at radius 1 is 1.02 bits per heavy atom. The number of nitrogens with one attached hydrogen (secondary N) is 3. The highest BCUT2D eigenvalue weighted by atomic mass is 35.5. The van der Waals surface area contributed by atoms with Crippen molar-refractivity contribution in [2.45, 2.75) is 39.5 Å². The van der Waals surface area contributed by atoms with E-state index in [1.54, 1.807) is 42.1 Å². The minimum absolute atomic E-state index is 0.165. The number of aliphatic hydroxyl groups is 1. The molecule has 0 radical (unpaired) electrons. The molecule has 0 saturated carbocycles. The predicted molar refractivity (Wildman–Crippen MR) is 189 cm³/mol. The summed E-state index contributed by atoms with van der Waals surface area (Å²) in [6.07, 6.45) is 1.30. The zero-order chi connectivity index (χ0) is 34.4. The molecule has 0 spiro atoms. The molecule has 3 aromatic carbocycles. The Bertz CT molecular complexity index is 2000. The van der Waals surface area contributed by atoms with Crippen LogP contribution in [0.1, 0.15) is 51.1 Å². The van der Waals surface area contributed by atoms with Gasteiger partial charge in [0.1, 0.15) is 17.2 Å². The van der Waals surface area contributed by atoms with Gasteiger partial charge in [0.25, 0.3) is 5.91 Å². The number of fused-ring (bicyclic) bond motifs is 1. The van der Waals surface area contributed by atoms with Gasteiger partial charge < -0.3 is 29.4 Å². The fourth-order valence-electron chi connectivity index (χ4n) is 5.58. The highest BCUT2D eigenvalue weighted by Crippen LogP contribution is 2.30. The minimum atomic E-state index is -4.01. The van der Waals surface area contributed by atoms with Gasteiger partial charge >= 0.3 is 0 Å². The Balaban J connectivity index is 1.20. The average Bonchev–Trinajstić information content (AvgIpc) is 3.65. The maximum atomic E-state index is 13.0. The van der Waals surface area contributed by atoms with Gasteiger partial charge in [-0.3, -0.25) is 4.79 Å². The van der Waals surface area contributed by atoms with Crippen molar-refractivity contribution in [2.75, 3.05) is 26.0 Å². The molecule has 13 heteroatoms. The van der Waals surface area contributed by atoms with E-state index in [0.29, 0.717) is 64.4 Å². The highest BCUT2D eigenvalue weighted by molar-refractivity contribution is 7.89. The summed E-state index contributed by atoms with van der Waals surface area (Å²) in [7, 11) is -2.42. The van der Waals surface area contributed by atoms with Crippen LogP contribution in [0.2, 0.25) is 10.0 Å². The number of aliphatic hydroxyl groups excluding tert-OH is 1. The predicted octanol–water partition coefficient (Wildman–Crippen LogP) is 6.30. The summed E-state index contributed by atoms with van der Waals surface area (Å²) in [5.41, 5.74) is 4.91. The van der Waals surface area contributed by atoms with Gasteiger partial charge in [-0.1, -0.05) is 41.4 Å². The first-order valence-corrected chi connectivity index (χ1v) is 17.8. The second-order valence-corrected chi connectivity index (χ2v) is 14.2. The van der Waals surface area contributed by atoms with Crippen molar-refractivity contribution >= 4 is 50.0 Å². The molecule has 5 aromatic rings. The van der Waals surface area contributed by atoms with Crippen LogP contribution in [-0.4, -0.2) is 55.0 Å². The minimum Gasteiger partial charge on any atom is -0.497 e. The van der Waals surface area contributed by atoms with Gasteiger partial charge in [-0.2, -0.15) is 4.72 Å². The molecule has 0 fully saturated rings. The third-order valence-corrected chi connectivity index (χ3v) is 10.1. The lowest BCUT2D eigenvalue weighted by Crippen LogP contribution is -2.37. The molecule has 0 bridgehead atoms. The van der Waals surface area contributed by atoms with E-state index >= 15 is 0 Å². The first-order valence-electron chi connectivity index (χ1n) is 15.4. The smallest absolute Gasteiger partial charge is 0.267 e. The summed E-state index contributed by atoms with van der Waals surface area (Å²) < 4.78 is 41.4. The molecule has 1 atom stereocenters. The van der Waals surface area contributed by atoms with Gasteiger partial charge in [-0.15, -0.1) is 0 Å². The molecule has 2 heterocycles. The Hall–Kier alpha value is -4.00. The van der Waals surface area contributed by atoms with Crippen molar-refractivity contribution in [1.29, 1.82) is 0 Å². The number of carbonyl (C=O) groups is 1. The molecule has 10 nitrogen and oxygen atoms in total. The van der Waals surface area contributed by atoms with Crippen molar-refractivity contribution in [1.82, 2.24) is 19.6 Å². The van der Waals surface area contributed by atoms with Crippen LogP contribution < -0.4 is 19.5 Å². The number of carbonyl (C=O) groups excluding carboxylic acids is 1. The largest absolute Gasteiger partial charge is 0.497 e. The third-order valence-electron chi connectivity index (χ3n) is 7.92. The number of aromatic amines is 1. The maximum Gasteiger partial charge on any atom is 0.267 e. The molecule has 254 valence electrons.